The minimum atomic E-state index is -0.582. The Hall–Kier alpha value is -1.94. The molecule has 1 heterocycles. The lowest BCUT2D eigenvalue weighted by Crippen LogP contribution is -2.47. The molecule has 1 aliphatic carbocycles. The Morgan fingerprint density at radius 3 is 2.59 bits per heavy atom. The molecule has 1 aliphatic rings. The molecule has 0 aromatic carbocycles. The van der Waals surface area contributed by atoms with Crippen LogP contribution in [0.2, 0.25) is 0 Å². The van der Waals surface area contributed by atoms with E-state index in [0.717, 1.165) is 0 Å². The van der Waals surface area contributed by atoms with Gasteiger partial charge in [0.05, 0.1) is 11.0 Å². The second-order valence-electron chi connectivity index (χ2n) is 7.53. The van der Waals surface area contributed by atoms with E-state index in [4.69, 9.17) is 9.47 Å². The summed E-state index contributed by atoms with van der Waals surface area (Å²) in [6.45, 7) is 5.41. The van der Waals surface area contributed by atoms with Gasteiger partial charge in [-0.2, -0.15) is 0 Å². The van der Waals surface area contributed by atoms with Crippen LogP contribution in [-0.4, -0.2) is 46.9 Å². The van der Waals surface area contributed by atoms with E-state index in [1.807, 2.05) is 0 Å². The minimum absolute atomic E-state index is 0.0829. The Balaban J connectivity index is 2.10. The summed E-state index contributed by atoms with van der Waals surface area (Å²) in [4.78, 5) is 26.8. The van der Waals surface area contributed by atoms with Crippen molar-refractivity contribution in [2.75, 3.05) is 12.4 Å². The number of nitro groups is 1. The summed E-state index contributed by atoms with van der Waals surface area (Å²) in [6.07, 6.45) is 2.55. The van der Waals surface area contributed by atoms with E-state index in [-0.39, 0.29) is 23.9 Å². The number of amides is 1. The van der Waals surface area contributed by atoms with E-state index in [0.29, 0.717) is 29.6 Å². The number of pyridine rings is 1. The molecule has 9 nitrogen and oxygen atoms in total. The fraction of sp³-hybridized carbons (Fsp3) is 0.647. The van der Waals surface area contributed by atoms with Crippen molar-refractivity contribution < 1.29 is 19.2 Å². The van der Waals surface area contributed by atoms with Crippen molar-refractivity contribution in [1.82, 2.24) is 10.3 Å². The summed E-state index contributed by atoms with van der Waals surface area (Å²) in [5.41, 5.74) is -0.310. The topological polar surface area (TPSA) is 116 Å². The summed E-state index contributed by atoms with van der Waals surface area (Å²) in [5.74, 6) is 0. The molecule has 2 N–H and O–H groups in total. The Morgan fingerprint density at radius 2 is 2.00 bits per heavy atom. The van der Waals surface area contributed by atoms with Crippen LogP contribution in [0, 0.1) is 10.1 Å². The van der Waals surface area contributed by atoms with Crippen molar-refractivity contribution >= 4 is 33.4 Å². The zero-order valence-corrected chi connectivity index (χ0v) is 17.4. The number of nitrogens with zero attached hydrogens (tertiary/aromatic N) is 2. The monoisotopic (exact) mass is 444 g/mol. The van der Waals surface area contributed by atoms with Gasteiger partial charge in [0.15, 0.2) is 0 Å². The van der Waals surface area contributed by atoms with E-state index >= 15 is 0 Å². The number of carbonyl (C=O) groups is 1. The molecule has 1 aromatic heterocycles. The highest BCUT2D eigenvalue weighted by atomic mass is 79.9. The van der Waals surface area contributed by atoms with Crippen LogP contribution >= 0.6 is 15.9 Å². The number of anilines is 1. The van der Waals surface area contributed by atoms with Crippen LogP contribution in [0.1, 0.15) is 40.0 Å². The van der Waals surface area contributed by atoms with Crippen LogP contribution in [-0.2, 0) is 9.47 Å². The van der Waals surface area contributed by atoms with E-state index in [9.17, 15) is 14.9 Å². The molecule has 27 heavy (non-hydrogen) atoms. The number of rotatable bonds is 5. The molecule has 3 atom stereocenters. The number of halogens is 1. The second-order valence-corrected chi connectivity index (χ2v) is 8.34. The van der Waals surface area contributed by atoms with Crippen LogP contribution in [0.25, 0.3) is 0 Å². The van der Waals surface area contributed by atoms with Gasteiger partial charge in [0.25, 0.3) is 0 Å². The number of methoxy groups -OCH3 is 1. The fourth-order valence-electron chi connectivity index (χ4n) is 3.07. The molecule has 0 bridgehead atoms. The number of nitrogens with one attached hydrogen (secondary N) is 2. The zero-order valence-electron chi connectivity index (χ0n) is 15.8. The van der Waals surface area contributed by atoms with Gasteiger partial charge in [0, 0.05) is 25.3 Å². The largest absolute Gasteiger partial charge is 0.444 e. The summed E-state index contributed by atoms with van der Waals surface area (Å²) >= 11 is 3.24. The van der Waals surface area contributed by atoms with Gasteiger partial charge in [-0.25, -0.2) is 9.78 Å². The maximum absolute atomic E-state index is 12.1. The van der Waals surface area contributed by atoms with Gasteiger partial charge >= 0.3 is 11.8 Å². The Kier molecular flexibility index (Phi) is 6.99. The molecule has 0 spiro atoms. The number of hydrogen-bond acceptors (Lipinski definition) is 7. The smallest absolute Gasteiger partial charge is 0.407 e. The van der Waals surface area contributed by atoms with Gasteiger partial charge in [-0.1, -0.05) is 0 Å². The van der Waals surface area contributed by atoms with Crippen molar-refractivity contribution in [2.45, 2.75) is 63.8 Å². The van der Waals surface area contributed by atoms with E-state index < -0.39 is 16.6 Å². The lowest BCUT2D eigenvalue weighted by Gasteiger charge is -2.35. The first-order chi connectivity index (χ1) is 12.6. The molecule has 2 rings (SSSR count). The standard InChI is InChI=1S/C17H25BrN4O5/c1-17(2,3)27-16(23)21-11-5-10(6-12(7-11)26-4)20-13-8-15(18)19-9-14(13)22(24)25/h8-12H,5-7H2,1-4H3,(H,19,20)(H,21,23)/t10-,11+,12+/m0/s1. The third-order valence-corrected chi connectivity index (χ3v) is 4.56. The average molecular weight is 445 g/mol. The van der Waals surface area contributed by atoms with Gasteiger partial charge in [-0.3, -0.25) is 10.1 Å². The predicted octanol–water partition coefficient (Wildman–Crippen LogP) is 3.63. The number of ether oxygens (including phenoxy) is 2. The Morgan fingerprint density at radius 1 is 1.33 bits per heavy atom. The molecule has 1 aromatic rings. The SMILES string of the molecule is CO[C@H]1C[C@H](NC(=O)OC(C)(C)C)C[C@H](Nc2cc(Br)ncc2[N+](=O)[O-])C1. The van der Waals surface area contributed by atoms with Crippen molar-refractivity contribution in [3.63, 3.8) is 0 Å². The van der Waals surface area contributed by atoms with E-state index in [1.54, 1.807) is 33.9 Å². The molecule has 0 aliphatic heterocycles. The molecule has 150 valence electrons. The lowest BCUT2D eigenvalue weighted by atomic mass is 9.88. The van der Waals surface area contributed by atoms with E-state index in [1.165, 1.54) is 6.20 Å². The summed E-state index contributed by atoms with van der Waals surface area (Å²) in [5, 5.41) is 17.3. The highest BCUT2D eigenvalue weighted by Gasteiger charge is 2.32. The van der Waals surface area contributed by atoms with Crippen molar-refractivity contribution in [1.29, 1.82) is 0 Å². The fourth-order valence-corrected chi connectivity index (χ4v) is 3.40. The number of aromatic nitrogens is 1. The van der Waals surface area contributed by atoms with E-state index in [2.05, 4.69) is 31.5 Å². The molecular formula is C17H25BrN4O5. The molecule has 1 fully saturated rings. The van der Waals surface area contributed by atoms with Crippen molar-refractivity contribution in [3.8, 4) is 0 Å². The maximum Gasteiger partial charge on any atom is 0.407 e. The third-order valence-electron chi connectivity index (χ3n) is 4.12. The number of hydrogen-bond donors (Lipinski definition) is 2. The van der Waals surface area contributed by atoms with Crippen LogP contribution in [0.15, 0.2) is 16.9 Å². The first kappa shape index (κ1) is 21.4. The predicted molar refractivity (Wildman–Crippen MR) is 104 cm³/mol. The van der Waals surface area contributed by atoms with Crippen LogP contribution in [0.3, 0.4) is 0 Å². The first-order valence-corrected chi connectivity index (χ1v) is 9.45. The zero-order chi connectivity index (χ0) is 20.2. The van der Waals surface area contributed by atoms with Gasteiger partial charge < -0.3 is 20.1 Å². The second kappa shape index (κ2) is 8.83. The van der Waals surface area contributed by atoms with Gasteiger partial charge in [-0.15, -0.1) is 0 Å². The third kappa shape index (κ3) is 6.62. The molecule has 1 amide bonds. The Labute approximate surface area is 166 Å². The van der Waals surface area contributed by atoms with Crippen molar-refractivity contribution in [2.24, 2.45) is 0 Å². The van der Waals surface area contributed by atoms with Crippen LogP contribution in [0.5, 0.6) is 0 Å². The van der Waals surface area contributed by atoms with Crippen LogP contribution in [0.4, 0.5) is 16.2 Å². The molecule has 1 saturated carbocycles. The van der Waals surface area contributed by atoms with Gasteiger partial charge in [0.1, 0.15) is 22.1 Å². The number of alkyl carbamates (subject to hydrolysis) is 1. The summed E-state index contributed by atoms with van der Waals surface area (Å²) in [6, 6.07) is 1.29. The summed E-state index contributed by atoms with van der Waals surface area (Å²) in [7, 11) is 1.61. The molecule has 0 saturated heterocycles. The quantitative estimate of drug-likeness (QED) is 0.404. The normalized spacial score (nSPS) is 22.8. The average Bonchev–Trinajstić information content (AvgIpc) is 2.52. The molecular weight excluding hydrogens is 420 g/mol. The van der Waals surface area contributed by atoms with Crippen molar-refractivity contribution in [3.05, 3.63) is 27.0 Å². The van der Waals surface area contributed by atoms with Crippen LogP contribution < -0.4 is 10.6 Å². The molecule has 0 unspecified atom stereocenters. The van der Waals surface area contributed by atoms with Gasteiger partial charge in [-0.05, 0) is 56.0 Å². The lowest BCUT2D eigenvalue weighted by molar-refractivity contribution is -0.384. The highest BCUT2D eigenvalue weighted by Crippen LogP contribution is 2.30. The Bertz CT molecular complexity index is 694. The van der Waals surface area contributed by atoms with Gasteiger partial charge in [0.2, 0.25) is 0 Å². The maximum atomic E-state index is 12.1. The first-order valence-electron chi connectivity index (χ1n) is 8.66. The molecule has 10 heteroatoms. The number of carbonyl (C=O) groups excluding carboxylic acids is 1. The minimum Gasteiger partial charge on any atom is -0.444 e. The molecule has 0 radical (unpaired) electrons. The summed E-state index contributed by atoms with van der Waals surface area (Å²) < 4.78 is 11.3. The highest BCUT2D eigenvalue weighted by molar-refractivity contribution is 9.10.